The maximum absolute atomic E-state index is 11.5. The minimum absolute atomic E-state index is 0.263. The van der Waals surface area contributed by atoms with Gasteiger partial charge in [-0.25, -0.2) is 4.79 Å². The van der Waals surface area contributed by atoms with Crippen LogP contribution >= 0.6 is 0 Å². The maximum Gasteiger partial charge on any atom is 0.409 e. The van der Waals surface area contributed by atoms with Crippen LogP contribution in [0.2, 0.25) is 0 Å². The molecule has 1 aliphatic heterocycles. The summed E-state index contributed by atoms with van der Waals surface area (Å²) in [5, 5.41) is 11.7. The minimum Gasteiger partial charge on any atom is -0.449 e. The molecule has 0 atom stereocenters. The summed E-state index contributed by atoms with van der Waals surface area (Å²) in [7, 11) is 0. The zero-order valence-corrected chi connectivity index (χ0v) is 9.27. The van der Waals surface area contributed by atoms with Gasteiger partial charge in [0.25, 0.3) is 0 Å². The van der Waals surface area contributed by atoms with Crippen molar-refractivity contribution in [3.8, 4) is 0 Å². The Hall–Kier alpha value is -1.26. The molecule has 0 aromatic heterocycles. The zero-order valence-electron chi connectivity index (χ0n) is 9.27. The molecule has 0 spiro atoms. The lowest BCUT2D eigenvalue weighted by Crippen LogP contribution is -2.39. The fraction of sp³-hybridized carbons (Fsp3) is 0.800. The van der Waals surface area contributed by atoms with Crippen LogP contribution in [0.25, 0.3) is 0 Å². The fourth-order valence-corrected chi connectivity index (χ4v) is 1.38. The number of likely N-dealkylation sites (tertiary alicyclic amines) is 1. The summed E-state index contributed by atoms with van der Waals surface area (Å²) in [5.41, 5.74) is 0.753. The van der Waals surface area contributed by atoms with Crippen LogP contribution in [-0.2, 0) is 4.74 Å². The van der Waals surface area contributed by atoms with Crippen molar-refractivity contribution in [1.82, 2.24) is 4.90 Å². The lowest BCUT2D eigenvalue weighted by Gasteiger charge is -2.26. The molecule has 0 unspecified atom stereocenters. The van der Waals surface area contributed by atoms with E-state index in [-0.39, 0.29) is 6.09 Å². The highest BCUT2D eigenvalue weighted by Gasteiger charge is 2.21. The smallest absolute Gasteiger partial charge is 0.409 e. The number of carbonyl (C=O) groups excluding carboxylic acids is 1. The second kappa shape index (κ2) is 5.58. The molecule has 1 rings (SSSR count). The highest BCUT2D eigenvalue weighted by Crippen LogP contribution is 2.09. The second-order valence-electron chi connectivity index (χ2n) is 4.12. The molecule has 1 aliphatic rings. The van der Waals surface area contributed by atoms with Crippen molar-refractivity contribution in [3.05, 3.63) is 0 Å². The number of hydrogen-bond donors (Lipinski definition) is 1. The van der Waals surface area contributed by atoms with Crippen molar-refractivity contribution >= 4 is 11.8 Å². The Balaban J connectivity index is 2.30. The number of nitrogens with zero attached hydrogens (tertiary/aromatic N) is 2. The van der Waals surface area contributed by atoms with E-state index in [4.69, 9.17) is 9.94 Å². The lowest BCUT2D eigenvalue weighted by molar-refractivity contribution is 0.0916. The van der Waals surface area contributed by atoms with Gasteiger partial charge in [-0.05, 0) is 5.92 Å². The molecule has 5 heteroatoms. The van der Waals surface area contributed by atoms with E-state index in [2.05, 4.69) is 5.16 Å². The molecule has 1 fully saturated rings. The first-order valence-electron chi connectivity index (χ1n) is 5.25. The fourth-order valence-electron chi connectivity index (χ4n) is 1.38. The van der Waals surface area contributed by atoms with Crippen molar-refractivity contribution in [1.29, 1.82) is 0 Å². The van der Waals surface area contributed by atoms with Gasteiger partial charge in [0.1, 0.15) is 0 Å². The van der Waals surface area contributed by atoms with E-state index in [0.29, 0.717) is 38.5 Å². The Morgan fingerprint density at radius 1 is 1.53 bits per heavy atom. The third kappa shape index (κ3) is 3.77. The normalized spacial score (nSPS) is 16.7. The van der Waals surface area contributed by atoms with Gasteiger partial charge in [0, 0.05) is 25.9 Å². The summed E-state index contributed by atoms with van der Waals surface area (Å²) in [5.74, 6) is 0.355. The highest BCUT2D eigenvalue weighted by atomic mass is 16.6. The van der Waals surface area contributed by atoms with Crippen LogP contribution in [0.15, 0.2) is 5.16 Å². The molecule has 0 aromatic rings. The van der Waals surface area contributed by atoms with Crippen LogP contribution in [0.1, 0.15) is 26.7 Å². The van der Waals surface area contributed by atoms with E-state index in [0.717, 1.165) is 5.71 Å². The van der Waals surface area contributed by atoms with Crippen LogP contribution in [0.3, 0.4) is 0 Å². The molecule has 0 saturated carbocycles. The number of oxime groups is 1. The van der Waals surface area contributed by atoms with Gasteiger partial charge in [0.05, 0.1) is 12.3 Å². The molecule has 15 heavy (non-hydrogen) atoms. The molecule has 1 N–H and O–H groups in total. The Morgan fingerprint density at radius 2 is 2.13 bits per heavy atom. The topological polar surface area (TPSA) is 62.1 Å². The first-order valence-corrected chi connectivity index (χ1v) is 5.25. The van der Waals surface area contributed by atoms with Gasteiger partial charge < -0.3 is 14.8 Å². The molecule has 0 aromatic carbocycles. The van der Waals surface area contributed by atoms with Crippen LogP contribution in [0, 0.1) is 5.92 Å². The zero-order chi connectivity index (χ0) is 11.3. The molecule has 0 bridgehead atoms. The number of rotatable bonds is 2. The molecule has 0 radical (unpaired) electrons. The van der Waals surface area contributed by atoms with Crippen molar-refractivity contribution in [2.45, 2.75) is 26.7 Å². The standard InChI is InChI=1S/C10H18N2O3/c1-8(2)7-15-10(13)12-5-3-9(11-14)4-6-12/h8,14H,3-7H2,1-2H3. The summed E-state index contributed by atoms with van der Waals surface area (Å²) in [4.78, 5) is 13.1. The Labute approximate surface area is 89.7 Å². The average molecular weight is 214 g/mol. The number of hydrogen-bond acceptors (Lipinski definition) is 4. The van der Waals surface area contributed by atoms with Gasteiger partial charge in [0.15, 0.2) is 0 Å². The Kier molecular flexibility index (Phi) is 4.39. The highest BCUT2D eigenvalue weighted by molar-refractivity contribution is 5.86. The SMILES string of the molecule is CC(C)COC(=O)N1CCC(=NO)CC1. The minimum atomic E-state index is -0.263. The van der Waals surface area contributed by atoms with Crippen LogP contribution < -0.4 is 0 Å². The molecular formula is C10H18N2O3. The Morgan fingerprint density at radius 3 is 2.60 bits per heavy atom. The van der Waals surface area contributed by atoms with E-state index in [9.17, 15) is 4.79 Å². The molecular weight excluding hydrogens is 196 g/mol. The summed E-state index contributed by atoms with van der Waals surface area (Å²) >= 11 is 0. The van der Waals surface area contributed by atoms with Crippen LogP contribution in [0.4, 0.5) is 4.79 Å². The van der Waals surface area contributed by atoms with Gasteiger partial charge in [0.2, 0.25) is 0 Å². The van der Waals surface area contributed by atoms with Gasteiger partial charge in [-0.3, -0.25) is 0 Å². The van der Waals surface area contributed by atoms with Crippen molar-refractivity contribution in [2.24, 2.45) is 11.1 Å². The third-order valence-corrected chi connectivity index (χ3v) is 2.28. The van der Waals surface area contributed by atoms with Crippen molar-refractivity contribution < 1.29 is 14.7 Å². The molecule has 86 valence electrons. The van der Waals surface area contributed by atoms with Gasteiger partial charge >= 0.3 is 6.09 Å². The van der Waals surface area contributed by atoms with E-state index in [1.807, 2.05) is 13.8 Å². The molecule has 1 amide bonds. The first-order chi connectivity index (χ1) is 7.13. The largest absolute Gasteiger partial charge is 0.449 e. The predicted octanol–water partition coefficient (Wildman–Crippen LogP) is 1.71. The molecule has 5 nitrogen and oxygen atoms in total. The van der Waals surface area contributed by atoms with Gasteiger partial charge in [-0.2, -0.15) is 0 Å². The first kappa shape index (κ1) is 11.8. The van der Waals surface area contributed by atoms with E-state index < -0.39 is 0 Å². The van der Waals surface area contributed by atoms with Crippen molar-refractivity contribution in [3.63, 3.8) is 0 Å². The van der Waals surface area contributed by atoms with E-state index in [1.165, 1.54) is 0 Å². The van der Waals surface area contributed by atoms with Crippen LogP contribution in [-0.4, -0.2) is 41.6 Å². The van der Waals surface area contributed by atoms with Gasteiger partial charge in [-0.1, -0.05) is 19.0 Å². The van der Waals surface area contributed by atoms with Crippen LogP contribution in [0.5, 0.6) is 0 Å². The monoisotopic (exact) mass is 214 g/mol. The van der Waals surface area contributed by atoms with Gasteiger partial charge in [-0.15, -0.1) is 0 Å². The van der Waals surface area contributed by atoms with E-state index >= 15 is 0 Å². The predicted molar refractivity (Wildman–Crippen MR) is 56.2 cm³/mol. The average Bonchev–Trinajstić information content (AvgIpc) is 2.26. The quantitative estimate of drug-likeness (QED) is 0.562. The maximum atomic E-state index is 11.5. The lowest BCUT2D eigenvalue weighted by atomic mass is 10.1. The Bertz CT molecular complexity index is 241. The molecule has 1 heterocycles. The number of amides is 1. The number of carbonyl (C=O) groups is 1. The third-order valence-electron chi connectivity index (χ3n) is 2.28. The summed E-state index contributed by atoms with van der Waals surface area (Å²) in [6, 6.07) is 0. The molecule has 1 saturated heterocycles. The number of ether oxygens (including phenoxy) is 1. The number of piperidine rings is 1. The summed E-state index contributed by atoms with van der Waals surface area (Å²) in [6.07, 6.45) is 1.00. The summed E-state index contributed by atoms with van der Waals surface area (Å²) in [6.45, 7) is 5.61. The summed E-state index contributed by atoms with van der Waals surface area (Å²) < 4.78 is 5.10. The molecule has 0 aliphatic carbocycles. The second-order valence-corrected chi connectivity index (χ2v) is 4.12. The van der Waals surface area contributed by atoms with Crippen molar-refractivity contribution in [2.75, 3.05) is 19.7 Å². The van der Waals surface area contributed by atoms with E-state index in [1.54, 1.807) is 4.90 Å².